The number of hydrogen-bond donors (Lipinski definition) is 2. The Morgan fingerprint density at radius 2 is 2.00 bits per heavy atom. The Morgan fingerprint density at radius 3 is 2.74 bits per heavy atom. The van der Waals surface area contributed by atoms with E-state index >= 15 is 0 Å². The topological polar surface area (TPSA) is 90.3 Å². The zero-order chi connectivity index (χ0) is 18.3. The summed E-state index contributed by atoms with van der Waals surface area (Å²) in [5, 5.41) is 14.0. The first kappa shape index (κ1) is 19.3. The second kappa shape index (κ2) is 7.28. The van der Waals surface area contributed by atoms with E-state index in [1.807, 2.05) is 0 Å². The zero-order valence-corrected chi connectivity index (χ0v) is 15.2. The van der Waals surface area contributed by atoms with Crippen LogP contribution in [-0.4, -0.2) is 40.3 Å². The van der Waals surface area contributed by atoms with Gasteiger partial charge >= 0.3 is 6.29 Å². The molecule has 27 heavy (non-hydrogen) atoms. The van der Waals surface area contributed by atoms with E-state index in [1.165, 1.54) is 18.2 Å². The van der Waals surface area contributed by atoms with Gasteiger partial charge < -0.3 is 20.1 Å². The van der Waals surface area contributed by atoms with Crippen molar-refractivity contribution in [3.63, 3.8) is 0 Å². The number of fused-ring (bicyclic) bond motifs is 1. The van der Waals surface area contributed by atoms with Crippen LogP contribution in [0.3, 0.4) is 0 Å². The van der Waals surface area contributed by atoms with Gasteiger partial charge in [0.25, 0.3) is 5.91 Å². The molecule has 0 unspecified atom stereocenters. The summed E-state index contributed by atoms with van der Waals surface area (Å²) in [6.45, 7) is 3.58. The number of anilines is 1. The van der Waals surface area contributed by atoms with Gasteiger partial charge in [0.05, 0.1) is 11.7 Å². The van der Waals surface area contributed by atoms with Crippen LogP contribution in [0.15, 0.2) is 18.2 Å². The number of carbonyl (C=O) groups is 1. The Labute approximate surface area is 159 Å². The average Bonchev–Trinajstić information content (AvgIpc) is 3.13. The van der Waals surface area contributed by atoms with Gasteiger partial charge in [-0.2, -0.15) is 0 Å². The van der Waals surface area contributed by atoms with Crippen molar-refractivity contribution in [2.45, 2.75) is 32.1 Å². The van der Waals surface area contributed by atoms with Gasteiger partial charge in [-0.1, -0.05) is 5.21 Å². The van der Waals surface area contributed by atoms with Crippen molar-refractivity contribution in [1.29, 1.82) is 0 Å². The third-order valence-corrected chi connectivity index (χ3v) is 4.46. The van der Waals surface area contributed by atoms with Crippen LogP contribution in [0.25, 0.3) is 0 Å². The minimum absolute atomic E-state index is 0. The Morgan fingerprint density at radius 1 is 1.30 bits per heavy atom. The van der Waals surface area contributed by atoms with E-state index in [9.17, 15) is 13.6 Å². The van der Waals surface area contributed by atoms with E-state index in [1.54, 1.807) is 11.6 Å². The number of piperidine rings is 1. The lowest BCUT2D eigenvalue weighted by molar-refractivity contribution is -0.286. The standard InChI is InChI=1S/C16H17F2N5O3.ClH/c1-9-14(21-22-23(9)11-4-6-19-7-5-11)15(24)20-10-2-3-12-13(8-10)26-16(17,18)25-12;/h2-3,8,11,19H,4-7H2,1H3,(H,20,24);1H. The summed E-state index contributed by atoms with van der Waals surface area (Å²) in [5.41, 5.74) is 1.17. The van der Waals surface area contributed by atoms with E-state index < -0.39 is 12.2 Å². The van der Waals surface area contributed by atoms with Crippen LogP contribution >= 0.6 is 12.4 Å². The third-order valence-electron chi connectivity index (χ3n) is 4.46. The van der Waals surface area contributed by atoms with Crippen molar-refractivity contribution in [1.82, 2.24) is 20.3 Å². The van der Waals surface area contributed by atoms with Gasteiger partial charge in [0, 0.05) is 11.8 Å². The number of benzene rings is 1. The van der Waals surface area contributed by atoms with Crippen LogP contribution in [0.1, 0.15) is 35.1 Å². The predicted octanol–water partition coefficient (Wildman–Crippen LogP) is 2.51. The zero-order valence-electron chi connectivity index (χ0n) is 14.4. The van der Waals surface area contributed by atoms with E-state index in [0.717, 1.165) is 25.9 Å². The molecule has 1 aromatic heterocycles. The summed E-state index contributed by atoms with van der Waals surface area (Å²) in [6.07, 6.45) is -1.86. The molecule has 1 saturated heterocycles. The fourth-order valence-electron chi connectivity index (χ4n) is 3.17. The molecular formula is C16H18ClF2N5O3. The molecule has 0 saturated carbocycles. The molecular weight excluding hydrogens is 384 g/mol. The van der Waals surface area contributed by atoms with Crippen molar-refractivity contribution in [3.05, 3.63) is 29.6 Å². The van der Waals surface area contributed by atoms with E-state index in [0.29, 0.717) is 11.4 Å². The smallest absolute Gasteiger partial charge is 0.395 e. The van der Waals surface area contributed by atoms with Crippen LogP contribution in [0.2, 0.25) is 0 Å². The minimum atomic E-state index is -3.70. The molecule has 0 aliphatic carbocycles. The fourth-order valence-corrected chi connectivity index (χ4v) is 3.17. The number of halogens is 3. The molecule has 0 spiro atoms. The van der Waals surface area contributed by atoms with Gasteiger partial charge in [0.15, 0.2) is 17.2 Å². The first-order valence-corrected chi connectivity index (χ1v) is 8.27. The number of nitrogens with zero attached hydrogens (tertiary/aromatic N) is 3. The van der Waals surface area contributed by atoms with Crippen molar-refractivity contribution in [3.8, 4) is 11.5 Å². The van der Waals surface area contributed by atoms with Gasteiger partial charge in [-0.25, -0.2) is 4.68 Å². The fraction of sp³-hybridized carbons (Fsp3) is 0.438. The van der Waals surface area contributed by atoms with Gasteiger partial charge in [-0.15, -0.1) is 26.3 Å². The molecule has 2 aromatic rings. The molecule has 1 aromatic carbocycles. The number of alkyl halides is 2. The molecule has 0 radical (unpaired) electrons. The summed E-state index contributed by atoms with van der Waals surface area (Å²) in [6, 6.07) is 4.25. The summed E-state index contributed by atoms with van der Waals surface area (Å²) in [5.74, 6) is -0.683. The lowest BCUT2D eigenvalue weighted by Gasteiger charge is -2.23. The van der Waals surface area contributed by atoms with E-state index in [-0.39, 0.29) is 35.6 Å². The van der Waals surface area contributed by atoms with Gasteiger partial charge in [-0.3, -0.25) is 4.79 Å². The minimum Gasteiger partial charge on any atom is -0.395 e. The highest BCUT2D eigenvalue weighted by molar-refractivity contribution is 6.03. The number of carbonyl (C=O) groups excluding carboxylic acids is 1. The van der Waals surface area contributed by atoms with Crippen LogP contribution in [0, 0.1) is 6.92 Å². The Kier molecular flexibility index (Phi) is 5.20. The number of rotatable bonds is 3. The second-order valence-corrected chi connectivity index (χ2v) is 6.23. The summed E-state index contributed by atoms with van der Waals surface area (Å²) >= 11 is 0. The summed E-state index contributed by atoms with van der Waals surface area (Å²) in [7, 11) is 0. The van der Waals surface area contributed by atoms with Crippen molar-refractivity contribution >= 4 is 24.0 Å². The van der Waals surface area contributed by atoms with E-state index in [2.05, 4.69) is 30.4 Å². The summed E-state index contributed by atoms with van der Waals surface area (Å²) < 4.78 is 36.6. The van der Waals surface area contributed by atoms with Crippen LogP contribution in [-0.2, 0) is 0 Å². The molecule has 1 amide bonds. The number of hydrogen-bond acceptors (Lipinski definition) is 6. The molecule has 2 N–H and O–H groups in total. The third kappa shape index (κ3) is 3.81. The molecule has 2 aliphatic heterocycles. The number of ether oxygens (including phenoxy) is 2. The number of aromatic nitrogens is 3. The SMILES string of the molecule is Cc1c(C(=O)Nc2ccc3c(c2)OC(F)(F)O3)nnn1C1CCNCC1.Cl. The van der Waals surface area contributed by atoms with Crippen LogP contribution < -0.4 is 20.1 Å². The van der Waals surface area contributed by atoms with Crippen molar-refractivity contribution < 1.29 is 23.0 Å². The lowest BCUT2D eigenvalue weighted by atomic mass is 10.1. The molecule has 0 bridgehead atoms. The monoisotopic (exact) mass is 401 g/mol. The lowest BCUT2D eigenvalue weighted by Crippen LogP contribution is -2.30. The predicted molar refractivity (Wildman–Crippen MR) is 93.7 cm³/mol. The van der Waals surface area contributed by atoms with Gasteiger partial charge in [0.2, 0.25) is 0 Å². The number of nitrogens with one attached hydrogen (secondary N) is 2. The van der Waals surface area contributed by atoms with E-state index in [4.69, 9.17) is 0 Å². The first-order chi connectivity index (χ1) is 12.4. The Hall–Kier alpha value is -2.46. The largest absolute Gasteiger partial charge is 0.586 e. The van der Waals surface area contributed by atoms with Gasteiger partial charge in [0.1, 0.15) is 0 Å². The molecule has 146 valence electrons. The number of amides is 1. The molecule has 1 fully saturated rings. The highest BCUT2D eigenvalue weighted by Crippen LogP contribution is 2.42. The highest BCUT2D eigenvalue weighted by atomic mass is 35.5. The maximum atomic E-state index is 13.1. The van der Waals surface area contributed by atoms with Crippen molar-refractivity contribution in [2.24, 2.45) is 0 Å². The van der Waals surface area contributed by atoms with Crippen LogP contribution in [0.4, 0.5) is 14.5 Å². The maximum Gasteiger partial charge on any atom is 0.586 e. The quantitative estimate of drug-likeness (QED) is 0.821. The second-order valence-electron chi connectivity index (χ2n) is 6.23. The Bertz CT molecular complexity index is 855. The molecule has 3 heterocycles. The average molecular weight is 402 g/mol. The maximum absolute atomic E-state index is 13.1. The highest BCUT2D eigenvalue weighted by Gasteiger charge is 2.43. The van der Waals surface area contributed by atoms with Gasteiger partial charge in [-0.05, 0) is 45.0 Å². The normalized spacial score (nSPS) is 18.0. The van der Waals surface area contributed by atoms with Crippen molar-refractivity contribution in [2.75, 3.05) is 18.4 Å². The molecule has 2 aliphatic rings. The van der Waals surface area contributed by atoms with Crippen LogP contribution in [0.5, 0.6) is 11.5 Å². The molecule has 4 rings (SSSR count). The summed E-state index contributed by atoms with van der Waals surface area (Å²) in [4.78, 5) is 12.5. The molecule has 8 nitrogen and oxygen atoms in total. The molecule has 0 atom stereocenters. The molecule has 11 heteroatoms. The first-order valence-electron chi connectivity index (χ1n) is 8.27. The Balaban J connectivity index is 0.00000210.